The Morgan fingerprint density at radius 2 is 2.23 bits per heavy atom. The SMILES string of the molecule is Cn1c(C#[N+][O-])nc2ccccc21. The van der Waals surface area contributed by atoms with Crippen LogP contribution in [0.5, 0.6) is 0 Å². The molecule has 0 atom stereocenters. The molecule has 0 aliphatic heterocycles. The van der Waals surface area contributed by atoms with Crippen molar-refractivity contribution in [2.45, 2.75) is 0 Å². The van der Waals surface area contributed by atoms with E-state index in [2.05, 4.69) is 16.1 Å². The third kappa shape index (κ3) is 1.11. The Labute approximate surface area is 74.8 Å². The number of aromatic nitrogens is 2. The molecule has 0 radical (unpaired) electrons. The van der Waals surface area contributed by atoms with Gasteiger partial charge in [0.2, 0.25) is 0 Å². The van der Waals surface area contributed by atoms with Crippen LogP contribution in [0.25, 0.3) is 16.0 Å². The van der Waals surface area contributed by atoms with Gasteiger partial charge in [-0.2, -0.15) is 0 Å². The number of fused-ring (bicyclic) bond motifs is 1. The quantitative estimate of drug-likeness (QED) is 0.570. The molecule has 0 spiro atoms. The highest BCUT2D eigenvalue weighted by molar-refractivity contribution is 5.76. The summed E-state index contributed by atoms with van der Waals surface area (Å²) < 4.78 is 1.77. The fraction of sp³-hybridized carbons (Fsp3) is 0.111. The second-order valence-electron chi connectivity index (χ2n) is 2.69. The van der Waals surface area contributed by atoms with Crippen LogP contribution >= 0.6 is 0 Å². The number of para-hydroxylation sites is 2. The Bertz CT molecular complexity index is 504. The van der Waals surface area contributed by atoms with Crippen molar-refractivity contribution >= 4 is 11.0 Å². The maximum atomic E-state index is 9.99. The first-order valence-electron chi connectivity index (χ1n) is 3.83. The minimum Gasteiger partial charge on any atom is -0.498 e. The van der Waals surface area contributed by atoms with Crippen LogP contribution in [-0.4, -0.2) is 9.55 Å². The molecule has 0 saturated carbocycles. The van der Waals surface area contributed by atoms with Crippen LogP contribution in [-0.2, 0) is 7.05 Å². The molecule has 1 aromatic carbocycles. The Morgan fingerprint density at radius 1 is 1.46 bits per heavy atom. The number of imidazole rings is 1. The molecular formula is C9H7N3O. The number of benzene rings is 1. The first-order valence-corrected chi connectivity index (χ1v) is 3.83. The Kier molecular flexibility index (Phi) is 1.64. The van der Waals surface area contributed by atoms with Crippen LogP contribution < -0.4 is 0 Å². The molecule has 1 aromatic heterocycles. The fourth-order valence-electron chi connectivity index (χ4n) is 1.29. The highest BCUT2D eigenvalue weighted by atomic mass is 16.4. The van der Waals surface area contributed by atoms with E-state index in [-0.39, 0.29) is 0 Å². The Balaban J connectivity index is 2.78. The predicted molar refractivity (Wildman–Crippen MR) is 50.4 cm³/mol. The molecule has 1 heterocycles. The van der Waals surface area contributed by atoms with E-state index in [1.54, 1.807) is 4.57 Å². The van der Waals surface area contributed by atoms with E-state index in [0.717, 1.165) is 11.0 Å². The minimum atomic E-state index is 0.455. The number of hydrogen-bond donors (Lipinski definition) is 0. The summed E-state index contributed by atoms with van der Waals surface area (Å²) in [6, 6.07) is 9.91. The van der Waals surface area contributed by atoms with Gasteiger partial charge in [-0.3, -0.25) is 0 Å². The number of aryl methyl sites for hydroxylation is 1. The van der Waals surface area contributed by atoms with Crippen molar-refractivity contribution in [3.63, 3.8) is 0 Å². The van der Waals surface area contributed by atoms with Crippen LogP contribution in [0.1, 0.15) is 5.82 Å². The van der Waals surface area contributed by atoms with E-state index in [9.17, 15) is 5.21 Å². The normalized spacial score (nSPS) is 9.62. The van der Waals surface area contributed by atoms with Crippen molar-refractivity contribution in [3.05, 3.63) is 40.3 Å². The summed E-state index contributed by atoms with van der Waals surface area (Å²) in [6.07, 6.45) is 0. The standard InChI is InChI=1S/C9H7N3O/c1-12-8-5-3-2-4-7(8)11-9(12)6-10-13/h2-5H,1H3. The van der Waals surface area contributed by atoms with Gasteiger partial charge < -0.3 is 9.77 Å². The van der Waals surface area contributed by atoms with Gasteiger partial charge in [-0.15, -0.1) is 0 Å². The summed E-state index contributed by atoms with van der Waals surface area (Å²) in [4.78, 5) is 4.16. The van der Waals surface area contributed by atoms with Crippen LogP contribution in [0.2, 0.25) is 0 Å². The molecule has 0 aliphatic carbocycles. The Hall–Kier alpha value is -2.02. The summed E-state index contributed by atoms with van der Waals surface area (Å²) in [7, 11) is 1.82. The lowest BCUT2D eigenvalue weighted by Crippen LogP contribution is -1.91. The van der Waals surface area contributed by atoms with Gasteiger partial charge in [0.05, 0.1) is 11.0 Å². The van der Waals surface area contributed by atoms with Gasteiger partial charge in [-0.05, 0) is 12.1 Å². The number of nitrogens with zero attached hydrogens (tertiary/aromatic N) is 3. The van der Waals surface area contributed by atoms with Gasteiger partial charge in [-0.25, -0.2) is 4.98 Å². The van der Waals surface area contributed by atoms with E-state index in [1.807, 2.05) is 31.3 Å². The van der Waals surface area contributed by atoms with Gasteiger partial charge in [0.15, 0.2) is 0 Å². The van der Waals surface area contributed by atoms with Gasteiger partial charge in [0.1, 0.15) is 0 Å². The van der Waals surface area contributed by atoms with Crippen LogP contribution in [0, 0.1) is 11.3 Å². The van der Waals surface area contributed by atoms with E-state index in [4.69, 9.17) is 0 Å². The minimum absolute atomic E-state index is 0.455. The highest BCUT2D eigenvalue weighted by Gasteiger charge is 2.07. The van der Waals surface area contributed by atoms with Crippen molar-refractivity contribution in [3.8, 4) is 6.07 Å². The lowest BCUT2D eigenvalue weighted by molar-refractivity contribution is 0.925. The monoisotopic (exact) mass is 173 g/mol. The second kappa shape index (κ2) is 2.79. The zero-order valence-corrected chi connectivity index (χ0v) is 7.06. The van der Waals surface area contributed by atoms with E-state index < -0.39 is 0 Å². The number of rotatable bonds is 0. The molecule has 0 saturated heterocycles. The Morgan fingerprint density at radius 3 is 2.92 bits per heavy atom. The average Bonchev–Trinajstić information content (AvgIpc) is 2.46. The van der Waals surface area contributed by atoms with Crippen molar-refractivity contribution in [1.29, 1.82) is 0 Å². The lowest BCUT2D eigenvalue weighted by Gasteiger charge is -1.91. The second-order valence-corrected chi connectivity index (χ2v) is 2.69. The van der Waals surface area contributed by atoms with Crippen molar-refractivity contribution in [2.24, 2.45) is 7.05 Å². The summed E-state index contributed by atoms with van der Waals surface area (Å²) in [5, 5.41) is 12.6. The van der Waals surface area contributed by atoms with Gasteiger partial charge in [-0.1, -0.05) is 12.1 Å². The summed E-state index contributed by atoms with van der Waals surface area (Å²) in [6.45, 7) is 0. The lowest BCUT2D eigenvalue weighted by atomic mass is 10.3. The van der Waals surface area contributed by atoms with Crippen molar-refractivity contribution in [1.82, 2.24) is 9.55 Å². The zero-order valence-electron chi connectivity index (χ0n) is 7.06. The van der Waals surface area contributed by atoms with E-state index in [1.165, 1.54) is 0 Å². The molecule has 64 valence electrons. The summed E-state index contributed by atoms with van der Waals surface area (Å²) >= 11 is 0. The average molecular weight is 173 g/mol. The molecule has 2 aromatic rings. The van der Waals surface area contributed by atoms with Crippen molar-refractivity contribution in [2.75, 3.05) is 0 Å². The molecule has 4 heteroatoms. The van der Waals surface area contributed by atoms with Gasteiger partial charge in [0, 0.05) is 12.1 Å². The topological polar surface area (TPSA) is 45.2 Å². The first kappa shape index (κ1) is 7.62. The molecule has 0 unspecified atom stereocenters. The first-order chi connectivity index (χ1) is 6.33. The molecular weight excluding hydrogens is 166 g/mol. The molecule has 0 fully saturated rings. The molecule has 0 amide bonds. The molecule has 13 heavy (non-hydrogen) atoms. The molecule has 4 nitrogen and oxygen atoms in total. The maximum absolute atomic E-state index is 9.99. The molecule has 0 aliphatic rings. The van der Waals surface area contributed by atoms with Crippen LogP contribution in [0.15, 0.2) is 24.3 Å². The summed E-state index contributed by atoms with van der Waals surface area (Å²) in [5.74, 6) is 0.455. The number of hydrogen-bond acceptors (Lipinski definition) is 2. The zero-order chi connectivity index (χ0) is 9.26. The van der Waals surface area contributed by atoms with E-state index in [0.29, 0.717) is 5.82 Å². The third-order valence-corrected chi connectivity index (χ3v) is 1.93. The predicted octanol–water partition coefficient (Wildman–Crippen LogP) is 1.75. The van der Waals surface area contributed by atoms with Gasteiger partial charge in [0.25, 0.3) is 5.82 Å². The van der Waals surface area contributed by atoms with Crippen LogP contribution in [0.4, 0.5) is 0 Å². The van der Waals surface area contributed by atoms with Crippen LogP contribution in [0.3, 0.4) is 0 Å². The summed E-state index contributed by atoms with van der Waals surface area (Å²) in [5.41, 5.74) is 1.81. The molecule has 0 N–H and O–H groups in total. The fourth-order valence-corrected chi connectivity index (χ4v) is 1.29. The largest absolute Gasteiger partial charge is 0.498 e. The molecule has 0 bridgehead atoms. The maximum Gasteiger partial charge on any atom is 0.376 e. The third-order valence-electron chi connectivity index (χ3n) is 1.93. The van der Waals surface area contributed by atoms with Gasteiger partial charge >= 0.3 is 6.07 Å². The molecule has 2 rings (SSSR count). The van der Waals surface area contributed by atoms with Crippen molar-refractivity contribution < 1.29 is 0 Å². The highest BCUT2D eigenvalue weighted by Crippen LogP contribution is 2.13. The van der Waals surface area contributed by atoms with E-state index >= 15 is 0 Å². The smallest absolute Gasteiger partial charge is 0.376 e.